The Kier molecular flexibility index (Phi) is 59.0. The number of aliphatic hydroxyl groups is 1. The Morgan fingerprint density at radius 3 is 0.874 bits per heavy atom. The lowest BCUT2D eigenvalue weighted by molar-refractivity contribution is -0.161. The molecule has 0 aliphatic rings. The highest BCUT2D eigenvalue weighted by atomic mass is 31.2. The quantitative estimate of drug-likeness (QED) is 0.0222. The SMILES string of the molecule is CCCCCCCCCCCCCCCCC(=O)O[C@H](COC(=O)CCCCCCCCCCCCC(C)C)COP(=O)(O)OC[C@@H](O)COP(=O)(O)OC[C@@H](COC(=O)CCCCCCCCCCCC)OC(=O)CCCCCCCCC(C)CC. The smallest absolute Gasteiger partial charge is 0.462 e. The van der Waals surface area contributed by atoms with E-state index in [2.05, 4.69) is 41.5 Å². The van der Waals surface area contributed by atoms with Gasteiger partial charge in [-0.2, -0.15) is 0 Å². The number of aliphatic hydroxyl groups excluding tert-OH is 1. The number of unbranched alkanes of at least 4 members (excludes halogenated alkanes) is 36. The Hall–Kier alpha value is -1.94. The maximum absolute atomic E-state index is 13.0. The maximum atomic E-state index is 13.0. The first-order valence-electron chi connectivity index (χ1n) is 35.5. The molecule has 17 nitrogen and oxygen atoms in total. The van der Waals surface area contributed by atoms with E-state index in [0.29, 0.717) is 25.7 Å². The number of carbonyl (C=O) groups excluding carboxylic acids is 4. The monoisotopic (exact) mass is 1280 g/mol. The molecule has 0 aromatic heterocycles. The molecule has 3 unspecified atom stereocenters. The number of hydrogen-bond donors (Lipinski definition) is 3. The fourth-order valence-corrected chi connectivity index (χ4v) is 11.8. The Balaban J connectivity index is 5.25. The van der Waals surface area contributed by atoms with E-state index in [-0.39, 0.29) is 25.7 Å². The van der Waals surface area contributed by atoms with Gasteiger partial charge in [0.2, 0.25) is 0 Å². The number of rotatable bonds is 67. The summed E-state index contributed by atoms with van der Waals surface area (Å²) in [6.45, 7) is 9.47. The second kappa shape index (κ2) is 60.3. The Labute approximate surface area is 530 Å². The summed E-state index contributed by atoms with van der Waals surface area (Å²) in [7, 11) is -9.89. The molecule has 0 bridgehead atoms. The third-order valence-corrected chi connectivity index (χ3v) is 18.0. The van der Waals surface area contributed by atoms with Crippen LogP contribution in [-0.2, 0) is 65.4 Å². The van der Waals surface area contributed by atoms with Crippen LogP contribution in [0.1, 0.15) is 343 Å². The zero-order chi connectivity index (χ0) is 64.3. The molecule has 0 spiro atoms. The summed E-state index contributed by atoms with van der Waals surface area (Å²) in [5.41, 5.74) is 0. The van der Waals surface area contributed by atoms with Crippen LogP contribution < -0.4 is 0 Å². The molecule has 0 saturated carbocycles. The van der Waals surface area contributed by atoms with E-state index in [9.17, 15) is 43.2 Å². The molecule has 0 aromatic carbocycles. The number of esters is 4. The van der Waals surface area contributed by atoms with Crippen LogP contribution in [0.15, 0.2) is 0 Å². The van der Waals surface area contributed by atoms with Gasteiger partial charge < -0.3 is 33.8 Å². The lowest BCUT2D eigenvalue weighted by Crippen LogP contribution is -2.30. The van der Waals surface area contributed by atoms with Gasteiger partial charge in [-0.1, -0.05) is 292 Å². The number of hydrogen-bond acceptors (Lipinski definition) is 15. The normalized spacial score (nSPS) is 14.5. The number of phosphoric ester groups is 2. The van der Waals surface area contributed by atoms with Crippen LogP contribution in [0.25, 0.3) is 0 Å². The Morgan fingerprint density at radius 1 is 0.333 bits per heavy atom. The highest BCUT2D eigenvalue weighted by molar-refractivity contribution is 7.47. The lowest BCUT2D eigenvalue weighted by Gasteiger charge is -2.21. The van der Waals surface area contributed by atoms with Crippen molar-refractivity contribution in [2.75, 3.05) is 39.6 Å². The number of carbonyl (C=O) groups is 4. The van der Waals surface area contributed by atoms with Crippen molar-refractivity contribution in [1.29, 1.82) is 0 Å². The minimum Gasteiger partial charge on any atom is -0.462 e. The van der Waals surface area contributed by atoms with E-state index in [1.165, 1.54) is 161 Å². The summed E-state index contributed by atoms with van der Waals surface area (Å²) in [4.78, 5) is 72.4. The molecule has 0 amide bonds. The Morgan fingerprint density at radius 2 is 0.586 bits per heavy atom. The summed E-state index contributed by atoms with van der Waals surface area (Å²) in [5, 5.41) is 10.6. The van der Waals surface area contributed by atoms with Gasteiger partial charge in [0.15, 0.2) is 12.2 Å². The number of phosphoric acid groups is 2. The molecule has 3 N–H and O–H groups in total. The molecule has 0 saturated heterocycles. The lowest BCUT2D eigenvalue weighted by atomic mass is 10.00. The molecular formula is C68H132O17P2. The standard InChI is InChI=1S/C68H132O17P2/c1-7-10-12-14-16-18-20-21-22-23-29-33-40-46-52-67(72)84-63(56-78-66(71)51-45-39-32-28-25-24-26-30-36-42-48-60(4)5)58-82-86(74,75)80-54-62(69)55-81-87(76,77)83-59-64(85-68(73)53-47-41-35-34-37-43-49-61(6)9-3)57-79-65(70)50-44-38-31-27-19-17-15-13-11-8-2/h60-64,69H,7-59H2,1-6H3,(H,74,75)(H,76,77)/t61?,62-,63-,64-/m1/s1. The molecular weight excluding hydrogens is 1150 g/mol. The summed E-state index contributed by atoms with van der Waals surface area (Å²) in [6.07, 6.45) is 44.4. The van der Waals surface area contributed by atoms with Gasteiger partial charge in [-0.25, -0.2) is 9.13 Å². The van der Waals surface area contributed by atoms with Crippen molar-refractivity contribution in [2.24, 2.45) is 11.8 Å². The van der Waals surface area contributed by atoms with Gasteiger partial charge in [0.05, 0.1) is 26.4 Å². The van der Waals surface area contributed by atoms with Gasteiger partial charge >= 0.3 is 39.5 Å². The predicted molar refractivity (Wildman–Crippen MR) is 349 cm³/mol. The summed E-state index contributed by atoms with van der Waals surface area (Å²) in [5.74, 6) is -0.650. The zero-order valence-electron chi connectivity index (χ0n) is 56.3. The predicted octanol–water partition coefficient (Wildman–Crippen LogP) is 19.2. The molecule has 0 aromatic rings. The minimum absolute atomic E-state index is 0.103. The molecule has 87 heavy (non-hydrogen) atoms. The van der Waals surface area contributed by atoms with E-state index in [0.717, 1.165) is 102 Å². The van der Waals surface area contributed by atoms with Crippen LogP contribution >= 0.6 is 15.6 Å². The average Bonchev–Trinajstić information content (AvgIpc) is 3.70. The van der Waals surface area contributed by atoms with Crippen LogP contribution in [0.5, 0.6) is 0 Å². The molecule has 0 heterocycles. The fourth-order valence-electron chi connectivity index (χ4n) is 10.2. The van der Waals surface area contributed by atoms with Crippen molar-refractivity contribution in [2.45, 2.75) is 362 Å². The topological polar surface area (TPSA) is 237 Å². The third kappa shape index (κ3) is 61.3. The zero-order valence-corrected chi connectivity index (χ0v) is 58.1. The van der Waals surface area contributed by atoms with Crippen LogP contribution in [0, 0.1) is 11.8 Å². The van der Waals surface area contributed by atoms with Crippen molar-refractivity contribution < 1.29 is 80.2 Å². The van der Waals surface area contributed by atoms with Gasteiger partial charge in [-0.15, -0.1) is 0 Å². The first-order valence-corrected chi connectivity index (χ1v) is 38.5. The van der Waals surface area contributed by atoms with Gasteiger partial charge in [0.1, 0.15) is 19.3 Å². The molecule has 0 aliphatic heterocycles. The average molecular weight is 1280 g/mol. The minimum atomic E-state index is -4.95. The van der Waals surface area contributed by atoms with Gasteiger partial charge in [-0.05, 0) is 37.5 Å². The summed E-state index contributed by atoms with van der Waals surface area (Å²) >= 11 is 0. The van der Waals surface area contributed by atoms with Crippen LogP contribution in [0.3, 0.4) is 0 Å². The molecule has 0 radical (unpaired) electrons. The third-order valence-electron chi connectivity index (χ3n) is 16.1. The first-order chi connectivity index (χ1) is 41.9. The molecule has 516 valence electrons. The Bertz CT molecular complexity index is 1700. The van der Waals surface area contributed by atoms with Crippen LogP contribution in [0.4, 0.5) is 0 Å². The van der Waals surface area contributed by atoms with E-state index >= 15 is 0 Å². The highest BCUT2D eigenvalue weighted by Gasteiger charge is 2.30. The van der Waals surface area contributed by atoms with Crippen molar-refractivity contribution in [3.8, 4) is 0 Å². The largest absolute Gasteiger partial charge is 0.472 e. The van der Waals surface area contributed by atoms with E-state index in [1.54, 1.807) is 0 Å². The van der Waals surface area contributed by atoms with Gasteiger partial charge in [0.25, 0.3) is 0 Å². The maximum Gasteiger partial charge on any atom is 0.472 e. The molecule has 19 heteroatoms. The van der Waals surface area contributed by atoms with Gasteiger partial charge in [0, 0.05) is 25.7 Å². The van der Waals surface area contributed by atoms with Crippen molar-refractivity contribution in [3.63, 3.8) is 0 Å². The fraction of sp³-hybridized carbons (Fsp3) is 0.941. The van der Waals surface area contributed by atoms with Gasteiger partial charge in [-0.3, -0.25) is 37.3 Å². The van der Waals surface area contributed by atoms with Crippen LogP contribution in [-0.4, -0.2) is 96.7 Å². The van der Waals surface area contributed by atoms with Crippen molar-refractivity contribution >= 4 is 39.5 Å². The number of ether oxygens (including phenoxy) is 4. The second-order valence-corrected chi connectivity index (χ2v) is 28.2. The highest BCUT2D eigenvalue weighted by Crippen LogP contribution is 2.45. The van der Waals surface area contributed by atoms with E-state index in [1.807, 2.05) is 0 Å². The summed E-state index contributed by atoms with van der Waals surface area (Å²) < 4.78 is 68.2. The molecule has 6 atom stereocenters. The second-order valence-electron chi connectivity index (χ2n) is 25.3. The van der Waals surface area contributed by atoms with Crippen molar-refractivity contribution in [3.05, 3.63) is 0 Å². The van der Waals surface area contributed by atoms with E-state index < -0.39 is 97.5 Å². The molecule has 0 rings (SSSR count). The molecule has 0 aliphatic carbocycles. The van der Waals surface area contributed by atoms with Crippen molar-refractivity contribution in [1.82, 2.24) is 0 Å². The first kappa shape index (κ1) is 85.1. The van der Waals surface area contributed by atoms with Crippen LogP contribution in [0.2, 0.25) is 0 Å². The van der Waals surface area contributed by atoms with E-state index in [4.69, 9.17) is 37.0 Å². The molecule has 0 fully saturated rings. The summed E-state index contributed by atoms with van der Waals surface area (Å²) in [6, 6.07) is 0.